The Morgan fingerprint density at radius 1 is 1.42 bits per heavy atom. The predicted octanol–water partition coefficient (Wildman–Crippen LogP) is 3.56. The van der Waals surface area contributed by atoms with Gasteiger partial charge in [0.1, 0.15) is 5.82 Å². The highest BCUT2D eigenvalue weighted by Crippen LogP contribution is 2.26. The Kier molecular flexibility index (Phi) is 4.61. The molecule has 2 rings (SSSR count). The normalized spacial score (nSPS) is 12.6. The van der Waals surface area contributed by atoms with Crippen LogP contribution in [0.2, 0.25) is 5.02 Å². The number of hydrogen-bond donors (Lipinski definition) is 1. The molecule has 3 nitrogen and oxygen atoms in total. The fourth-order valence-electron chi connectivity index (χ4n) is 2.36. The number of nitrogens with zero attached hydrogens (tertiary/aromatic N) is 2. The quantitative estimate of drug-likeness (QED) is 0.906. The molecule has 1 heterocycles. The molecule has 4 heteroatoms. The van der Waals surface area contributed by atoms with E-state index in [9.17, 15) is 0 Å². The van der Waals surface area contributed by atoms with Crippen LogP contribution in [0.1, 0.15) is 36.3 Å². The van der Waals surface area contributed by atoms with Crippen LogP contribution in [0.4, 0.5) is 0 Å². The van der Waals surface area contributed by atoms with Gasteiger partial charge in [0.25, 0.3) is 0 Å². The van der Waals surface area contributed by atoms with Gasteiger partial charge >= 0.3 is 0 Å². The molecule has 0 bridgehead atoms. The third-order valence-corrected chi connectivity index (χ3v) is 3.55. The van der Waals surface area contributed by atoms with Crippen LogP contribution in [0, 0.1) is 6.92 Å². The monoisotopic (exact) mass is 277 g/mol. The van der Waals surface area contributed by atoms with Crippen LogP contribution in [0.3, 0.4) is 0 Å². The summed E-state index contributed by atoms with van der Waals surface area (Å²) in [4.78, 5) is 4.51. The van der Waals surface area contributed by atoms with E-state index in [0.717, 1.165) is 23.8 Å². The van der Waals surface area contributed by atoms with Crippen molar-refractivity contribution in [1.82, 2.24) is 14.9 Å². The minimum atomic E-state index is 0.0697. The minimum absolute atomic E-state index is 0.0697. The van der Waals surface area contributed by atoms with Gasteiger partial charge in [-0.15, -0.1) is 0 Å². The van der Waals surface area contributed by atoms with Crippen molar-refractivity contribution in [3.63, 3.8) is 0 Å². The average Bonchev–Trinajstić information content (AvgIpc) is 2.83. The van der Waals surface area contributed by atoms with Crippen molar-refractivity contribution in [3.8, 4) is 0 Å². The van der Waals surface area contributed by atoms with Crippen molar-refractivity contribution in [2.45, 2.75) is 32.9 Å². The number of benzene rings is 1. The van der Waals surface area contributed by atoms with Crippen LogP contribution < -0.4 is 5.32 Å². The summed E-state index contributed by atoms with van der Waals surface area (Å²) in [7, 11) is 1.95. The average molecular weight is 278 g/mol. The number of aryl methyl sites for hydroxylation is 2. The minimum Gasteiger partial charge on any atom is -0.333 e. The molecule has 0 aliphatic heterocycles. The van der Waals surface area contributed by atoms with Gasteiger partial charge in [-0.3, -0.25) is 0 Å². The maximum atomic E-state index is 6.13. The molecular weight excluding hydrogens is 258 g/mol. The standard InChI is InChI=1S/C15H20ClN3/c1-4-8-19-9-7-18-15(19)14(17-3)13-10-12(16)6-5-11(13)2/h5-7,9-10,14,17H,4,8H2,1-3H3. The molecule has 0 radical (unpaired) electrons. The molecule has 19 heavy (non-hydrogen) atoms. The summed E-state index contributed by atoms with van der Waals surface area (Å²) < 4.78 is 2.20. The number of imidazole rings is 1. The maximum absolute atomic E-state index is 6.13. The van der Waals surface area contributed by atoms with E-state index in [1.807, 2.05) is 31.6 Å². The van der Waals surface area contributed by atoms with Gasteiger partial charge in [-0.05, 0) is 43.7 Å². The summed E-state index contributed by atoms with van der Waals surface area (Å²) in [6.07, 6.45) is 4.98. The molecule has 1 N–H and O–H groups in total. The van der Waals surface area contributed by atoms with Crippen molar-refractivity contribution < 1.29 is 0 Å². The molecule has 2 aromatic rings. The van der Waals surface area contributed by atoms with Crippen molar-refractivity contribution in [2.75, 3.05) is 7.05 Å². The van der Waals surface area contributed by atoms with Crippen LogP contribution in [0.25, 0.3) is 0 Å². The smallest absolute Gasteiger partial charge is 0.130 e. The molecule has 0 spiro atoms. The zero-order valence-corrected chi connectivity index (χ0v) is 12.4. The Bertz CT molecular complexity index is 548. The van der Waals surface area contributed by atoms with Crippen LogP contribution in [-0.4, -0.2) is 16.6 Å². The number of nitrogens with one attached hydrogen (secondary N) is 1. The Balaban J connectivity index is 2.44. The van der Waals surface area contributed by atoms with Gasteiger partial charge in [-0.25, -0.2) is 4.98 Å². The van der Waals surface area contributed by atoms with Gasteiger partial charge in [0.2, 0.25) is 0 Å². The van der Waals surface area contributed by atoms with Crippen molar-refractivity contribution in [1.29, 1.82) is 0 Å². The fourth-order valence-corrected chi connectivity index (χ4v) is 2.54. The molecule has 0 fully saturated rings. The number of aromatic nitrogens is 2. The second kappa shape index (κ2) is 6.22. The summed E-state index contributed by atoms with van der Waals surface area (Å²) in [6.45, 7) is 5.25. The Hall–Kier alpha value is -1.32. The predicted molar refractivity (Wildman–Crippen MR) is 79.6 cm³/mol. The molecule has 1 aromatic heterocycles. The topological polar surface area (TPSA) is 29.9 Å². The van der Waals surface area contributed by atoms with Crippen LogP contribution >= 0.6 is 11.6 Å². The lowest BCUT2D eigenvalue weighted by Gasteiger charge is -2.20. The summed E-state index contributed by atoms with van der Waals surface area (Å²) in [5, 5.41) is 4.10. The molecule has 102 valence electrons. The fraction of sp³-hybridized carbons (Fsp3) is 0.400. The molecule has 1 aromatic carbocycles. The zero-order valence-electron chi connectivity index (χ0n) is 11.7. The summed E-state index contributed by atoms with van der Waals surface area (Å²) >= 11 is 6.13. The Morgan fingerprint density at radius 3 is 2.89 bits per heavy atom. The van der Waals surface area contributed by atoms with Crippen molar-refractivity contribution in [3.05, 3.63) is 52.6 Å². The van der Waals surface area contributed by atoms with E-state index < -0.39 is 0 Å². The van der Waals surface area contributed by atoms with E-state index in [1.165, 1.54) is 11.1 Å². The number of halogens is 1. The lowest BCUT2D eigenvalue weighted by atomic mass is 10.0. The highest BCUT2D eigenvalue weighted by Gasteiger charge is 2.19. The molecule has 1 unspecified atom stereocenters. The second-order valence-corrected chi connectivity index (χ2v) is 5.14. The SMILES string of the molecule is CCCn1ccnc1C(NC)c1cc(Cl)ccc1C. The zero-order chi connectivity index (χ0) is 13.8. The number of hydrogen-bond acceptors (Lipinski definition) is 2. The summed E-state index contributed by atoms with van der Waals surface area (Å²) in [6, 6.07) is 6.06. The molecule has 0 aliphatic carbocycles. The van der Waals surface area contributed by atoms with Crippen LogP contribution in [0.5, 0.6) is 0 Å². The van der Waals surface area contributed by atoms with E-state index in [-0.39, 0.29) is 6.04 Å². The van der Waals surface area contributed by atoms with E-state index >= 15 is 0 Å². The van der Waals surface area contributed by atoms with E-state index in [0.29, 0.717) is 0 Å². The summed E-state index contributed by atoms with van der Waals surface area (Å²) in [5.74, 6) is 1.04. The van der Waals surface area contributed by atoms with Crippen LogP contribution in [0.15, 0.2) is 30.6 Å². The lowest BCUT2D eigenvalue weighted by molar-refractivity contribution is 0.566. The van der Waals surface area contributed by atoms with Crippen molar-refractivity contribution >= 4 is 11.6 Å². The third-order valence-electron chi connectivity index (χ3n) is 3.31. The van der Waals surface area contributed by atoms with Crippen LogP contribution in [-0.2, 0) is 6.54 Å². The van der Waals surface area contributed by atoms with E-state index in [2.05, 4.69) is 34.8 Å². The highest BCUT2D eigenvalue weighted by atomic mass is 35.5. The summed E-state index contributed by atoms with van der Waals surface area (Å²) in [5.41, 5.74) is 2.40. The third kappa shape index (κ3) is 2.99. The lowest BCUT2D eigenvalue weighted by Crippen LogP contribution is -2.23. The second-order valence-electron chi connectivity index (χ2n) is 4.70. The first-order valence-electron chi connectivity index (χ1n) is 6.61. The largest absolute Gasteiger partial charge is 0.333 e. The van der Waals surface area contributed by atoms with Crippen molar-refractivity contribution in [2.24, 2.45) is 0 Å². The maximum Gasteiger partial charge on any atom is 0.130 e. The first kappa shape index (κ1) is 14.1. The molecular formula is C15H20ClN3. The molecule has 0 saturated heterocycles. The van der Waals surface area contributed by atoms with Gasteiger partial charge in [0.15, 0.2) is 0 Å². The van der Waals surface area contributed by atoms with Gasteiger partial charge in [-0.2, -0.15) is 0 Å². The first-order valence-corrected chi connectivity index (χ1v) is 6.99. The van der Waals surface area contributed by atoms with Gasteiger partial charge in [-0.1, -0.05) is 24.6 Å². The highest BCUT2D eigenvalue weighted by molar-refractivity contribution is 6.30. The van der Waals surface area contributed by atoms with Gasteiger partial charge in [0, 0.05) is 24.0 Å². The molecule has 0 saturated carbocycles. The van der Waals surface area contributed by atoms with E-state index in [1.54, 1.807) is 0 Å². The van der Waals surface area contributed by atoms with E-state index in [4.69, 9.17) is 11.6 Å². The van der Waals surface area contributed by atoms with Gasteiger partial charge in [0.05, 0.1) is 6.04 Å². The number of rotatable bonds is 5. The first-order chi connectivity index (χ1) is 9.17. The Morgan fingerprint density at radius 2 is 2.21 bits per heavy atom. The van der Waals surface area contributed by atoms with Gasteiger partial charge < -0.3 is 9.88 Å². The molecule has 0 amide bonds. The molecule has 0 aliphatic rings. The Labute approximate surface area is 119 Å². The molecule has 1 atom stereocenters.